The summed E-state index contributed by atoms with van der Waals surface area (Å²) in [6.45, 7) is 15.7. The van der Waals surface area contributed by atoms with E-state index in [1.54, 1.807) is 29.3 Å². The average Bonchev–Trinajstić information content (AvgIpc) is 3.74. The molecule has 1 saturated carbocycles. The molecule has 6 heterocycles. The Hall–Kier alpha value is -7.06. The van der Waals surface area contributed by atoms with Crippen LogP contribution in [0.25, 0.3) is 32.9 Å². The molecule has 4 fully saturated rings. The molecule has 0 bridgehead atoms. The van der Waals surface area contributed by atoms with Gasteiger partial charge in [-0.2, -0.15) is 9.97 Å². The maximum Gasteiger partial charge on any atom is 0.319 e. The van der Waals surface area contributed by atoms with E-state index in [0.717, 1.165) is 95.5 Å². The van der Waals surface area contributed by atoms with Crippen molar-refractivity contribution in [2.45, 2.75) is 90.9 Å². The molecule has 4 N–H and O–H groups in total. The van der Waals surface area contributed by atoms with Gasteiger partial charge in [-0.1, -0.05) is 50.1 Å². The van der Waals surface area contributed by atoms with E-state index in [9.17, 15) is 24.9 Å². The Morgan fingerprint density at radius 3 is 2.43 bits per heavy atom. The summed E-state index contributed by atoms with van der Waals surface area (Å²) in [6.07, 6.45) is 13.3. The number of likely N-dealkylation sites (N-methyl/N-ethyl adjacent to an activating group) is 1. The SMILES string of the molecule is C#Cc1cccc2cc(O)cc(-c3ncc4c(N(CC)CC5CCCN5)nc(OCC5(CN6CCN(C(=O)C7CCN(Cc8ccc9c(c8)CN(C(=O)c8cc(C(C)C)c(O)cc8O)C9)CC7)CC6)CC5)nc4c3F)c12. The third kappa shape index (κ3) is 10.3. The number of likely N-dealkylation sites (tertiary alicyclic amines) is 1. The molecule has 0 radical (unpaired) electrons. The first-order chi connectivity index (χ1) is 36.8. The fourth-order valence-electron chi connectivity index (χ4n) is 12.1. The molecule has 1 atom stereocenters. The van der Waals surface area contributed by atoms with Gasteiger partial charge < -0.3 is 40.1 Å². The van der Waals surface area contributed by atoms with Crippen molar-refractivity contribution in [3.05, 3.63) is 106 Å². The number of fused-ring (bicyclic) bond motifs is 3. The number of benzene rings is 4. The first kappa shape index (κ1) is 51.1. The molecule has 396 valence electrons. The molecule has 1 unspecified atom stereocenters. The van der Waals surface area contributed by atoms with Crippen molar-refractivity contribution in [2.75, 3.05) is 77.0 Å². The lowest BCUT2D eigenvalue weighted by molar-refractivity contribution is -0.139. The Balaban J connectivity index is 0.699. The van der Waals surface area contributed by atoms with Gasteiger partial charge in [-0.25, -0.2) is 4.39 Å². The van der Waals surface area contributed by atoms with Crippen LogP contribution in [-0.2, 0) is 24.4 Å². The summed E-state index contributed by atoms with van der Waals surface area (Å²) in [7, 11) is 0. The van der Waals surface area contributed by atoms with Crippen molar-refractivity contribution in [1.29, 1.82) is 0 Å². The average molecular weight is 1030 g/mol. The highest BCUT2D eigenvalue weighted by Gasteiger charge is 2.46. The number of aromatic nitrogens is 3. The van der Waals surface area contributed by atoms with Crippen molar-refractivity contribution in [2.24, 2.45) is 11.3 Å². The summed E-state index contributed by atoms with van der Waals surface area (Å²) in [5, 5.41) is 37.0. The number of nitrogens with zero attached hydrogens (tertiary/aromatic N) is 8. The van der Waals surface area contributed by atoms with E-state index in [4.69, 9.17) is 21.1 Å². The topological polar surface area (TPSA) is 171 Å². The monoisotopic (exact) mass is 1030 g/mol. The van der Waals surface area contributed by atoms with Crippen molar-refractivity contribution in [3.63, 3.8) is 0 Å². The summed E-state index contributed by atoms with van der Waals surface area (Å²) >= 11 is 0. The minimum absolute atomic E-state index is 0.000303. The molecule has 2 amide bonds. The second-order valence-electron chi connectivity index (χ2n) is 22.2. The van der Waals surface area contributed by atoms with Gasteiger partial charge in [-0.3, -0.25) is 24.4 Å². The van der Waals surface area contributed by atoms with Crippen LogP contribution in [-0.4, -0.2) is 140 Å². The van der Waals surface area contributed by atoms with Gasteiger partial charge in [-0.15, -0.1) is 6.42 Å². The van der Waals surface area contributed by atoms with Crippen LogP contribution in [0.4, 0.5) is 10.2 Å². The predicted molar refractivity (Wildman–Crippen MR) is 291 cm³/mol. The Morgan fingerprint density at radius 1 is 0.921 bits per heavy atom. The number of carbonyl (C=O) groups excluding carboxylic acids is 2. The van der Waals surface area contributed by atoms with Crippen molar-refractivity contribution < 1.29 is 34.0 Å². The maximum atomic E-state index is 17.2. The standard InChI is InChI=1S/C60H68FN9O6/c1-5-39-9-7-10-41-26-45(71)27-48(52(39)41)54-53(61)55-49(30-63-54)56(68(6-2)34-44-11-8-18-62-44)65-59(64-55)76-36-60(16-17-60)35-67-21-23-69(24-22-67)57(74)40-14-19-66(20-15-40)31-38-12-13-42-32-70(33-43(42)25-38)58(75)47-28-46(37(3)4)50(72)29-51(47)73/h1,7,9-10,12-13,25-30,37,40,44,62,71-73H,6,8,11,14-24,31-36H2,2-4H3. The van der Waals surface area contributed by atoms with Crippen LogP contribution in [0.5, 0.6) is 23.3 Å². The number of hydrogen-bond donors (Lipinski definition) is 4. The quantitative estimate of drug-likeness (QED) is 0.0728. The lowest BCUT2D eigenvalue weighted by Crippen LogP contribution is -2.52. The highest BCUT2D eigenvalue weighted by molar-refractivity contribution is 6.03. The summed E-state index contributed by atoms with van der Waals surface area (Å²) in [6, 6.07) is 18.2. The smallest absolute Gasteiger partial charge is 0.319 e. The number of ether oxygens (including phenoxy) is 1. The highest BCUT2D eigenvalue weighted by atomic mass is 19.1. The molecule has 1 aliphatic carbocycles. The van der Waals surface area contributed by atoms with Crippen LogP contribution >= 0.6 is 0 Å². The van der Waals surface area contributed by atoms with Crippen molar-refractivity contribution >= 4 is 39.3 Å². The number of hydrogen-bond acceptors (Lipinski definition) is 13. The molecule has 0 spiro atoms. The zero-order chi connectivity index (χ0) is 52.8. The molecule has 2 aromatic heterocycles. The van der Waals surface area contributed by atoms with Crippen LogP contribution in [0.2, 0.25) is 0 Å². The van der Waals surface area contributed by atoms with Gasteiger partial charge in [0.25, 0.3) is 5.91 Å². The fourth-order valence-corrected chi connectivity index (χ4v) is 12.1. The fraction of sp³-hybridized carbons (Fsp3) is 0.450. The zero-order valence-electron chi connectivity index (χ0n) is 43.8. The van der Waals surface area contributed by atoms with Crippen LogP contribution in [0.3, 0.4) is 0 Å². The molecule has 16 heteroatoms. The van der Waals surface area contributed by atoms with E-state index in [2.05, 4.69) is 60.9 Å². The Morgan fingerprint density at radius 2 is 1.71 bits per heavy atom. The van der Waals surface area contributed by atoms with Gasteiger partial charge in [0, 0.05) is 112 Å². The summed E-state index contributed by atoms with van der Waals surface area (Å²) < 4.78 is 23.7. The maximum absolute atomic E-state index is 17.2. The number of piperazine rings is 1. The van der Waals surface area contributed by atoms with Crippen molar-refractivity contribution in [3.8, 4) is 46.9 Å². The number of carbonyl (C=O) groups is 2. The lowest BCUT2D eigenvalue weighted by Gasteiger charge is -2.39. The molecule has 15 nitrogen and oxygen atoms in total. The number of anilines is 1. The number of rotatable bonds is 15. The largest absolute Gasteiger partial charge is 0.508 e. The number of piperidine rings is 1. The predicted octanol–water partition coefficient (Wildman–Crippen LogP) is 8.16. The van der Waals surface area contributed by atoms with Crippen LogP contribution in [0.1, 0.15) is 103 Å². The second-order valence-corrected chi connectivity index (χ2v) is 22.2. The lowest BCUT2D eigenvalue weighted by atomic mass is 9.94. The minimum Gasteiger partial charge on any atom is -0.508 e. The number of aromatic hydroxyl groups is 3. The Labute approximate surface area is 443 Å². The van der Waals surface area contributed by atoms with E-state index in [1.807, 2.05) is 26.0 Å². The second kappa shape index (κ2) is 21.2. The van der Waals surface area contributed by atoms with Gasteiger partial charge in [0.1, 0.15) is 34.3 Å². The molecular formula is C60H68FN9O6. The summed E-state index contributed by atoms with van der Waals surface area (Å²) in [4.78, 5) is 52.7. The van der Waals surface area contributed by atoms with E-state index >= 15 is 4.39 Å². The molecule has 76 heavy (non-hydrogen) atoms. The Bertz CT molecular complexity index is 3240. The third-order valence-electron chi connectivity index (χ3n) is 16.6. The highest BCUT2D eigenvalue weighted by Crippen LogP contribution is 2.47. The number of nitrogens with one attached hydrogen (secondary N) is 1. The normalized spacial score (nSPS) is 18.9. The van der Waals surface area contributed by atoms with E-state index < -0.39 is 5.82 Å². The minimum atomic E-state index is -0.643. The van der Waals surface area contributed by atoms with Crippen LogP contribution in [0, 0.1) is 29.5 Å². The van der Waals surface area contributed by atoms with E-state index in [-0.39, 0.29) is 75.1 Å². The molecule has 11 rings (SSSR count). The van der Waals surface area contributed by atoms with Gasteiger partial charge in [0.2, 0.25) is 5.91 Å². The Kier molecular flexibility index (Phi) is 14.2. The van der Waals surface area contributed by atoms with Crippen LogP contribution < -0.4 is 15.0 Å². The number of phenols is 3. The van der Waals surface area contributed by atoms with Crippen molar-refractivity contribution in [1.82, 2.24) is 39.9 Å². The van der Waals surface area contributed by atoms with Gasteiger partial charge in [0.05, 0.1) is 17.6 Å². The number of halogens is 1. The summed E-state index contributed by atoms with van der Waals surface area (Å²) in [5.41, 5.74) is 5.16. The number of pyridine rings is 1. The third-order valence-corrected chi connectivity index (χ3v) is 16.6. The zero-order valence-corrected chi connectivity index (χ0v) is 43.8. The van der Waals surface area contributed by atoms with Gasteiger partial charge in [0.15, 0.2) is 5.82 Å². The molecule has 3 saturated heterocycles. The molecule has 4 aliphatic heterocycles. The first-order valence-corrected chi connectivity index (χ1v) is 27.2. The number of phenolic OH excluding ortho intramolecular Hbond substituents is 3. The van der Waals surface area contributed by atoms with E-state index in [1.165, 1.54) is 17.7 Å². The summed E-state index contributed by atoms with van der Waals surface area (Å²) in [5.74, 6) is 2.37. The molecule has 4 aromatic carbocycles. The van der Waals surface area contributed by atoms with Gasteiger partial charge >= 0.3 is 6.01 Å². The molecule has 5 aliphatic rings. The van der Waals surface area contributed by atoms with E-state index in [0.29, 0.717) is 84.5 Å². The first-order valence-electron chi connectivity index (χ1n) is 27.2. The van der Waals surface area contributed by atoms with Gasteiger partial charge in [-0.05, 0) is 123 Å². The molecular weight excluding hydrogens is 962 g/mol. The number of amides is 2. The molecule has 6 aromatic rings. The number of terminal acetylenes is 1. The van der Waals surface area contributed by atoms with Crippen LogP contribution in [0.15, 0.2) is 66.9 Å².